The maximum absolute atomic E-state index is 5.43. The second-order valence-electron chi connectivity index (χ2n) is 4.79. The third-order valence-electron chi connectivity index (χ3n) is 3.22. The third kappa shape index (κ3) is 3.55. The summed E-state index contributed by atoms with van der Waals surface area (Å²) in [6.07, 6.45) is 1.78. The highest BCUT2D eigenvalue weighted by molar-refractivity contribution is 5.94. The molecule has 0 saturated heterocycles. The largest absolute Gasteiger partial charge is 0.493 e. The number of fused-ring (bicyclic) bond motifs is 1. The normalized spacial score (nSPS) is 12.2. The van der Waals surface area contributed by atoms with E-state index in [2.05, 4.69) is 17.2 Å². The summed E-state index contributed by atoms with van der Waals surface area (Å²) in [6.45, 7) is 5.40. The van der Waals surface area contributed by atoms with Gasteiger partial charge in [-0.05, 0) is 37.4 Å². The maximum Gasteiger partial charge on any atom is 0.161 e. The van der Waals surface area contributed by atoms with E-state index in [0.717, 1.165) is 16.6 Å². The molecule has 0 spiro atoms. The van der Waals surface area contributed by atoms with Gasteiger partial charge in [0.25, 0.3) is 0 Å². The van der Waals surface area contributed by atoms with E-state index in [1.54, 1.807) is 20.4 Å². The summed E-state index contributed by atoms with van der Waals surface area (Å²) in [6, 6.07) is 6.03. The van der Waals surface area contributed by atoms with E-state index in [1.807, 2.05) is 25.1 Å². The van der Waals surface area contributed by atoms with Crippen LogP contribution in [0, 0.1) is 0 Å². The molecule has 1 atom stereocenters. The first-order valence-corrected chi connectivity index (χ1v) is 7.04. The number of nitrogens with zero attached hydrogens (tertiary/aromatic N) is 1. The van der Waals surface area contributed by atoms with Crippen LogP contribution < -0.4 is 14.8 Å². The van der Waals surface area contributed by atoms with Crippen molar-refractivity contribution in [2.75, 3.05) is 32.8 Å². The topological polar surface area (TPSA) is 52.6 Å². The fraction of sp³-hybridized carbons (Fsp3) is 0.438. The van der Waals surface area contributed by atoms with Crippen LogP contribution in [0.25, 0.3) is 10.8 Å². The lowest BCUT2D eigenvalue weighted by Crippen LogP contribution is -2.22. The van der Waals surface area contributed by atoms with Crippen molar-refractivity contribution in [3.8, 4) is 11.5 Å². The van der Waals surface area contributed by atoms with Crippen molar-refractivity contribution in [3.05, 3.63) is 24.4 Å². The van der Waals surface area contributed by atoms with Gasteiger partial charge in [0.05, 0.1) is 20.8 Å². The number of benzene rings is 1. The average Bonchev–Trinajstić information content (AvgIpc) is 2.51. The lowest BCUT2D eigenvalue weighted by atomic mass is 10.1. The molecule has 2 aromatic rings. The second-order valence-corrected chi connectivity index (χ2v) is 4.79. The summed E-state index contributed by atoms with van der Waals surface area (Å²) < 4.78 is 16.1. The van der Waals surface area contributed by atoms with Gasteiger partial charge >= 0.3 is 0 Å². The number of anilines is 1. The summed E-state index contributed by atoms with van der Waals surface area (Å²) in [4.78, 5) is 4.42. The fourth-order valence-corrected chi connectivity index (χ4v) is 2.18. The van der Waals surface area contributed by atoms with Gasteiger partial charge in [-0.3, -0.25) is 0 Å². The summed E-state index contributed by atoms with van der Waals surface area (Å²) in [5.74, 6) is 2.23. The molecule has 1 heterocycles. The molecule has 0 saturated carbocycles. The Morgan fingerprint density at radius 2 is 1.90 bits per heavy atom. The molecule has 1 aromatic heterocycles. The van der Waals surface area contributed by atoms with Gasteiger partial charge in [0.2, 0.25) is 0 Å². The van der Waals surface area contributed by atoms with Crippen LogP contribution in [0.5, 0.6) is 11.5 Å². The average molecular weight is 290 g/mol. The van der Waals surface area contributed by atoms with Crippen molar-refractivity contribution in [2.45, 2.75) is 19.9 Å². The molecule has 0 fully saturated rings. The first-order chi connectivity index (χ1) is 10.2. The number of aromatic nitrogens is 1. The van der Waals surface area contributed by atoms with E-state index < -0.39 is 0 Å². The van der Waals surface area contributed by atoms with Gasteiger partial charge in [-0.15, -0.1) is 0 Å². The summed E-state index contributed by atoms with van der Waals surface area (Å²) >= 11 is 0. The lowest BCUT2D eigenvalue weighted by Gasteiger charge is -2.17. The van der Waals surface area contributed by atoms with Gasteiger partial charge in [-0.2, -0.15) is 0 Å². The predicted octanol–water partition coefficient (Wildman–Crippen LogP) is 3.09. The predicted molar refractivity (Wildman–Crippen MR) is 84.4 cm³/mol. The van der Waals surface area contributed by atoms with Crippen LogP contribution in [0.4, 0.5) is 5.82 Å². The Morgan fingerprint density at radius 1 is 1.19 bits per heavy atom. The van der Waals surface area contributed by atoms with Gasteiger partial charge in [0.1, 0.15) is 5.82 Å². The number of pyridine rings is 1. The number of nitrogens with one attached hydrogen (secondary N) is 1. The van der Waals surface area contributed by atoms with Crippen molar-refractivity contribution in [2.24, 2.45) is 0 Å². The lowest BCUT2D eigenvalue weighted by molar-refractivity contribution is 0.141. The minimum Gasteiger partial charge on any atom is -0.493 e. The van der Waals surface area contributed by atoms with E-state index in [1.165, 1.54) is 0 Å². The summed E-state index contributed by atoms with van der Waals surface area (Å²) in [5, 5.41) is 5.42. The van der Waals surface area contributed by atoms with E-state index in [0.29, 0.717) is 24.7 Å². The van der Waals surface area contributed by atoms with Crippen LogP contribution >= 0.6 is 0 Å². The highest BCUT2D eigenvalue weighted by Crippen LogP contribution is 2.34. The van der Waals surface area contributed by atoms with Crippen molar-refractivity contribution in [3.63, 3.8) is 0 Å². The maximum atomic E-state index is 5.43. The number of ether oxygens (including phenoxy) is 3. The van der Waals surface area contributed by atoms with Crippen LogP contribution in [0.3, 0.4) is 0 Å². The Morgan fingerprint density at radius 3 is 2.57 bits per heavy atom. The van der Waals surface area contributed by atoms with E-state index in [9.17, 15) is 0 Å². The zero-order valence-electron chi connectivity index (χ0n) is 13.0. The van der Waals surface area contributed by atoms with Gasteiger partial charge in [0.15, 0.2) is 11.5 Å². The Labute approximate surface area is 125 Å². The Hall–Kier alpha value is -2.01. The molecule has 0 aliphatic carbocycles. The summed E-state index contributed by atoms with van der Waals surface area (Å²) in [7, 11) is 3.26. The highest BCUT2D eigenvalue weighted by atomic mass is 16.5. The van der Waals surface area contributed by atoms with Crippen LogP contribution in [0.1, 0.15) is 13.8 Å². The van der Waals surface area contributed by atoms with Crippen molar-refractivity contribution < 1.29 is 14.2 Å². The van der Waals surface area contributed by atoms with Crippen molar-refractivity contribution in [1.29, 1.82) is 0 Å². The number of hydrogen-bond acceptors (Lipinski definition) is 5. The van der Waals surface area contributed by atoms with Crippen LogP contribution in [-0.2, 0) is 4.74 Å². The van der Waals surface area contributed by atoms with Crippen LogP contribution in [0.15, 0.2) is 24.4 Å². The SMILES string of the molecule is CCOCC(C)Nc1nccc2cc(OC)c(OC)cc12. The quantitative estimate of drug-likeness (QED) is 0.849. The van der Waals surface area contributed by atoms with Crippen molar-refractivity contribution >= 4 is 16.6 Å². The third-order valence-corrected chi connectivity index (χ3v) is 3.22. The molecular weight excluding hydrogens is 268 g/mol. The van der Waals surface area contributed by atoms with Gasteiger partial charge < -0.3 is 19.5 Å². The minimum absolute atomic E-state index is 0.177. The molecule has 114 valence electrons. The standard InChI is InChI=1S/C16H22N2O3/c1-5-21-10-11(2)18-16-13-9-15(20-4)14(19-3)8-12(13)6-7-17-16/h6-9,11H,5,10H2,1-4H3,(H,17,18). The molecule has 2 rings (SSSR count). The highest BCUT2D eigenvalue weighted by Gasteiger charge is 2.11. The molecule has 1 N–H and O–H groups in total. The molecule has 0 radical (unpaired) electrons. The fourth-order valence-electron chi connectivity index (χ4n) is 2.18. The molecule has 5 heteroatoms. The van der Waals surface area contributed by atoms with E-state index >= 15 is 0 Å². The molecule has 0 bridgehead atoms. The Bertz CT molecular complexity index is 601. The molecule has 1 aromatic carbocycles. The monoisotopic (exact) mass is 290 g/mol. The molecule has 0 aliphatic rings. The Balaban J connectivity index is 2.35. The van der Waals surface area contributed by atoms with Gasteiger partial charge in [-0.1, -0.05) is 0 Å². The number of methoxy groups -OCH3 is 2. The Kier molecular flexibility index (Phi) is 5.22. The molecule has 5 nitrogen and oxygen atoms in total. The number of hydrogen-bond donors (Lipinski definition) is 1. The van der Waals surface area contributed by atoms with Crippen LogP contribution in [-0.4, -0.2) is 38.5 Å². The zero-order chi connectivity index (χ0) is 15.2. The molecule has 21 heavy (non-hydrogen) atoms. The van der Waals surface area contributed by atoms with E-state index in [-0.39, 0.29) is 6.04 Å². The number of rotatable bonds is 7. The molecular formula is C16H22N2O3. The first kappa shape index (κ1) is 15.4. The molecule has 0 amide bonds. The van der Waals surface area contributed by atoms with E-state index in [4.69, 9.17) is 14.2 Å². The zero-order valence-corrected chi connectivity index (χ0v) is 13.0. The second kappa shape index (κ2) is 7.13. The van der Waals surface area contributed by atoms with Crippen molar-refractivity contribution in [1.82, 2.24) is 4.98 Å². The smallest absolute Gasteiger partial charge is 0.161 e. The van der Waals surface area contributed by atoms with Gasteiger partial charge in [0, 0.05) is 24.2 Å². The summed E-state index contributed by atoms with van der Waals surface area (Å²) in [5.41, 5.74) is 0. The van der Waals surface area contributed by atoms with Gasteiger partial charge in [-0.25, -0.2) is 4.98 Å². The van der Waals surface area contributed by atoms with Crippen LogP contribution in [0.2, 0.25) is 0 Å². The minimum atomic E-state index is 0.177. The first-order valence-electron chi connectivity index (χ1n) is 7.04. The molecule has 1 unspecified atom stereocenters. The molecule has 0 aliphatic heterocycles.